The number of nitrogen functional groups attached to an aromatic ring is 1. The van der Waals surface area contributed by atoms with E-state index in [2.05, 4.69) is 30.0 Å². The SMILES string of the molecule is CCc1cc(CC)n(-c2cccc(N)n2)n1. The molecule has 0 fully saturated rings. The average molecular weight is 216 g/mol. The van der Waals surface area contributed by atoms with Crippen LogP contribution in [0, 0.1) is 0 Å². The van der Waals surface area contributed by atoms with Gasteiger partial charge in [0.25, 0.3) is 0 Å². The van der Waals surface area contributed by atoms with Gasteiger partial charge in [-0.2, -0.15) is 5.10 Å². The molecule has 2 rings (SSSR count). The van der Waals surface area contributed by atoms with Crippen LogP contribution in [0.2, 0.25) is 0 Å². The van der Waals surface area contributed by atoms with E-state index < -0.39 is 0 Å². The van der Waals surface area contributed by atoms with E-state index in [0.717, 1.165) is 30.0 Å². The van der Waals surface area contributed by atoms with E-state index in [9.17, 15) is 0 Å². The number of aryl methyl sites for hydroxylation is 2. The molecule has 0 saturated carbocycles. The second-order valence-electron chi connectivity index (χ2n) is 3.67. The van der Waals surface area contributed by atoms with Crippen molar-refractivity contribution in [1.29, 1.82) is 0 Å². The Labute approximate surface area is 95.1 Å². The third kappa shape index (κ3) is 1.91. The summed E-state index contributed by atoms with van der Waals surface area (Å²) >= 11 is 0. The molecule has 4 heteroatoms. The Bertz CT molecular complexity index is 488. The second kappa shape index (κ2) is 4.35. The fourth-order valence-corrected chi connectivity index (χ4v) is 1.66. The first-order valence-electron chi connectivity index (χ1n) is 5.55. The van der Waals surface area contributed by atoms with Gasteiger partial charge in [-0.1, -0.05) is 19.9 Å². The maximum atomic E-state index is 5.67. The monoisotopic (exact) mass is 216 g/mol. The van der Waals surface area contributed by atoms with Crippen molar-refractivity contribution in [3.8, 4) is 5.82 Å². The van der Waals surface area contributed by atoms with Crippen LogP contribution >= 0.6 is 0 Å². The van der Waals surface area contributed by atoms with E-state index in [0.29, 0.717) is 5.82 Å². The van der Waals surface area contributed by atoms with E-state index >= 15 is 0 Å². The maximum Gasteiger partial charge on any atom is 0.156 e. The molecule has 84 valence electrons. The quantitative estimate of drug-likeness (QED) is 0.853. The molecule has 4 nitrogen and oxygen atoms in total. The number of nitrogens with zero attached hydrogens (tertiary/aromatic N) is 3. The Morgan fingerprint density at radius 2 is 2.06 bits per heavy atom. The Morgan fingerprint density at radius 3 is 2.69 bits per heavy atom. The van der Waals surface area contributed by atoms with Gasteiger partial charge in [0.05, 0.1) is 5.69 Å². The van der Waals surface area contributed by atoms with Crippen molar-refractivity contribution in [1.82, 2.24) is 14.8 Å². The lowest BCUT2D eigenvalue weighted by molar-refractivity contribution is 0.773. The average Bonchev–Trinajstić information content (AvgIpc) is 2.72. The van der Waals surface area contributed by atoms with Crippen molar-refractivity contribution in [2.24, 2.45) is 0 Å². The van der Waals surface area contributed by atoms with Gasteiger partial charge < -0.3 is 5.73 Å². The van der Waals surface area contributed by atoms with Crippen molar-refractivity contribution >= 4 is 5.82 Å². The third-order valence-corrected chi connectivity index (χ3v) is 2.53. The fourth-order valence-electron chi connectivity index (χ4n) is 1.66. The smallest absolute Gasteiger partial charge is 0.156 e. The summed E-state index contributed by atoms with van der Waals surface area (Å²) in [4.78, 5) is 4.28. The highest BCUT2D eigenvalue weighted by Crippen LogP contribution is 2.13. The lowest BCUT2D eigenvalue weighted by atomic mass is 10.2. The third-order valence-electron chi connectivity index (χ3n) is 2.53. The molecule has 0 spiro atoms. The van der Waals surface area contributed by atoms with Crippen LogP contribution in [0.5, 0.6) is 0 Å². The Morgan fingerprint density at radius 1 is 1.25 bits per heavy atom. The zero-order valence-electron chi connectivity index (χ0n) is 9.64. The van der Waals surface area contributed by atoms with Crippen LogP contribution in [0.1, 0.15) is 25.2 Å². The summed E-state index contributed by atoms with van der Waals surface area (Å²) in [6.07, 6.45) is 1.87. The van der Waals surface area contributed by atoms with Crippen molar-refractivity contribution < 1.29 is 0 Å². The number of anilines is 1. The van der Waals surface area contributed by atoms with Crippen LogP contribution < -0.4 is 5.73 Å². The number of pyridine rings is 1. The normalized spacial score (nSPS) is 10.6. The lowest BCUT2D eigenvalue weighted by Crippen LogP contribution is -2.05. The summed E-state index contributed by atoms with van der Waals surface area (Å²) < 4.78 is 1.87. The van der Waals surface area contributed by atoms with Crippen molar-refractivity contribution in [3.63, 3.8) is 0 Å². The largest absolute Gasteiger partial charge is 0.384 e. The molecule has 0 aliphatic rings. The molecule has 0 aliphatic heterocycles. The van der Waals surface area contributed by atoms with Gasteiger partial charge in [0, 0.05) is 5.69 Å². The first-order valence-corrected chi connectivity index (χ1v) is 5.55. The van der Waals surface area contributed by atoms with E-state index in [1.54, 1.807) is 6.07 Å². The molecule has 0 aromatic carbocycles. The summed E-state index contributed by atoms with van der Waals surface area (Å²) in [6, 6.07) is 7.70. The Hall–Kier alpha value is -1.84. The van der Waals surface area contributed by atoms with Crippen LogP contribution in [-0.4, -0.2) is 14.8 Å². The highest BCUT2D eigenvalue weighted by atomic mass is 15.3. The van der Waals surface area contributed by atoms with Crippen LogP contribution in [0.25, 0.3) is 5.82 Å². The van der Waals surface area contributed by atoms with Gasteiger partial charge in [0.2, 0.25) is 0 Å². The Kier molecular flexibility index (Phi) is 2.90. The number of hydrogen-bond acceptors (Lipinski definition) is 3. The van der Waals surface area contributed by atoms with Gasteiger partial charge >= 0.3 is 0 Å². The van der Waals surface area contributed by atoms with E-state index in [1.807, 2.05) is 16.8 Å². The van der Waals surface area contributed by atoms with Crippen LogP contribution in [0.4, 0.5) is 5.82 Å². The predicted octanol–water partition coefficient (Wildman–Crippen LogP) is 1.97. The summed E-state index contributed by atoms with van der Waals surface area (Å²) in [5, 5.41) is 4.51. The first-order chi connectivity index (χ1) is 7.74. The fraction of sp³-hybridized carbons (Fsp3) is 0.333. The summed E-state index contributed by atoms with van der Waals surface area (Å²) in [5.74, 6) is 1.31. The molecular formula is C12H16N4. The molecule has 0 radical (unpaired) electrons. The van der Waals surface area contributed by atoms with Crippen molar-refractivity contribution in [3.05, 3.63) is 35.7 Å². The molecule has 16 heavy (non-hydrogen) atoms. The molecule has 2 heterocycles. The number of hydrogen-bond donors (Lipinski definition) is 1. The van der Waals surface area contributed by atoms with Gasteiger partial charge in [-0.3, -0.25) is 0 Å². The summed E-state index contributed by atoms with van der Waals surface area (Å²) in [6.45, 7) is 4.21. The molecule has 2 N–H and O–H groups in total. The molecule has 0 unspecified atom stereocenters. The second-order valence-corrected chi connectivity index (χ2v) is 3.67. The molecule has 2 aromatic heterocycles. The number of aromatic nitrogens is 3. The standard InChI is InChI=1S/C12H16N4/c1-3-9-8-10(4-2)16(15-9)12-7-5-6-11(13)14-12/h5-8H,3-4H2,1-2H3,(H2,13,14). The lowest BCUT2D eigenvalue weighted by Gasteiger charge is -2.04. The molecule has 0 aliphatic carbocycles. The van der Waals surface area contributed by atoms with Crippen molar-refractivity contribution in [2.45, 2.75) is 26.7 Å². The molecule has 0 bridgehead atoms. The predicted molar refractivity (Wildman–Crippen MR) is 64.5 cm³/mol. The Balaban J connectivity index is 2.50. The van der Waals surface area contributed by atoms with Gasteiger partial charge in [-0.25, -0.2) is 9.67 Å². The van der Waals surface area contributed by atoms with Crippen molar-refractivity contribution in [2.75, 3.05) is 5.73 Å². The minimum atomic E-state index is 0.521. The minimum Gasteiger partial charge on any atom is -0.384 e. The first kappa shape index (κ1) is 10.7. The van der Waals surface area contributed by atoms with Crippen LogP contribution in [0.15, 0.2) is 24.3 Å². The van der Waals surface area contributed by atoms with Gasteiger partial charge in [-0.15, -0.1) is 0 Å². The molecule has 2 aromatic rings. The van der Waals surface area contributed by atoms with Gasteiger partial charge in [-0.05, 0) is 31.0 Å². The highest BCUT2D eigenvalue weighted by Gasteiger charge is 2.08. The zero-order valence-corrected chi connectivity index (χ0v) is 9.64. The van der Waals surface area contributed by atoms with Gasteiger partial charge in [0.15, 0.2) is 5.82 Å². The number of nitrogens with two attached hydrogens (primary N) is 1. The van der Waals surface area contributed by atoms with Crippen LogP contribution in [-0.2, 0) is 12.8 Å². The summed E-state index contributed by atoms with van der Waals surface area (Å²) in [5.41, 5.74) is 7.92. The van der Waals surface area contributed by atoms with E-state index in [4.69, 9.17) is 5.73 Å². The summed E-state index contributed by atoms with van der Waals surface area (Å²) in [7, 11) is 0. The topological polar surface area (TPSA) is 56.7 Å². The molecule has 0 amide bonds. The molecule has 0 saturated heterocycles. The van der Waals surface area contributed by atoms with E-state index in [-0.39, 0.29) is 0 Å². The van der Waals surface area contributed by atoms with Crippen LogP contribution in [0.3, 0.4) is 0 Å². The van der Waals surface area contributed by atoms with Gasteiger partial charge in [0.1, 0.15) is 5.82 Å². The van der Waals surface area contributed by atoms with E-state index in [1.165, 1.54) is 0 Å². The highest BCUT2D eigenvalue weighted by molar-refractivity contribution is 5.36. The molecular weight excluding hydrogens is 200 g/mol. The molecule has 0 atom stereocenters. The number of rotatable bonds is 3. The minimum absolute atomic E-state index is 0.521. The zero-order chi connectivity index (χ0) is 11.5. The maximum absolute atomic E-state index is 5.67.